The summed E-state index contributed by atoms with van der Waals surface area (Å²) < 4.78 is 40.2. The average molecular weight is 483 g/mol. The topological polar surface area (TPSA) is 96.9 Å². The number of carbonyl (C=O) groups excluding carboxylic acids is 2. The van der Waals surface area contributed by atoms with Gasteiger partial charge in [0.25, 0.3) is 0 Å². The molecule has 7 nitrogen and oxygen atoms in total. The number of carbonyl (C=O) groups is 2. The molecule has 0 bridgehead atoms. The highest BCUT2D eigenvalue weighted by Gasteiger charge is 2.51. The first kappa shape index (κ1) is 24.3. The van der Waals surface area contributed by atoms with Gasteiger partial charge in [-0.25, -0.2) is 9.97 Å². The number of nitrogens with one attached hydrogen (secondary N) is 2. The van der Waals surface area contributed by atoms with Crippen LogP contribution in [0.25, 0.3) is 0 Å². The van der Waals surface area contributed by atoms with Gasteiger partial charge in [0.2, 0.25) is 5.91 Å². The van der Waals surface area contributed by atoms with Crippen molar-refractivity contribution in [3.05, 3.63) is 77.1 Å². The number of hydrogen-bond donors (Lipinski definition) is 2. The van der Waals surface area contributed by atoms with Gasteiger partial charge in [0, 0.05) is 18.8 Å². The number of benzene rings is 1. The molecule has 10 heteroatoms. The molecule has 3 aromatic rings. The highest BCUT2D eigenvalue weighted by atomic mass is 19.4. The predicted molar refractivity (Wildman–Crippen MR) is 123 cm³/mol. The van der Waals surface area contributed by atoms with Crippen LogP contribution in [0.1, 0.15) is 52.0 Å². The van der Waals surface area contributed by atoms with E-state index >= 15 is 0 Å². The second kappa shape index (κ2) is 9.44. The number of aromatic nitrogens is 3. The van der Waals surface area contributed by atoms with Crippen LogP contribution in [0.5, 0.6) is 0 Å². The van der Waals surface area contributed by atoms with Crippen molar-refractivity contribution >= 4 is 23.1 Å². The van der Waals surface area contributed by atoms with E-state index in [0.717, 1.165) is 6.07 Å². The van der Waals surface area contributed by atoms with Gasteiger partial charge in [-0.1, -0.05) is 11.6 Å². The van der Waals surface area contributed by atoms with Crippen LogP contribution in [-0.2, 0) is 17.5 Å². The summed E-state index contributed by atoms with van der Waals surface area (Å²) in [5.74, 6) is -0.405. The van der Waals surface area contributed by atoms with Crippen molar-refractivity contribution in [1.82, 2.24) is 20.3 Å². The van der Waals surface area contributed by atoms with Crippen LogP contribution in [0.15, 0.2) is 49.2 Å². The van der Waals surface area contributed by atoms with Gasteiger partial charge in [-0.15, -0.1) is 0 Å². The monoisotopic (exact) mass is 483 g/mol. The Hall–Kier alpha value is -3.82. The zero-order valence-electron chi connectivity index (χ0n) is 19.2. The van der Waals surface area contributed by atoms with Crippen molar-refractivity contribution in [2.45, 2.75) is 45.8 Å². The van der Waals surface area contributed by atoms with Crippen molar-refractivity contribution < 1.29 is 22.8 Å². The molecule has 4 rings (SSSR count). The molecule has 0 saturated heterocycles. The van der Waals surface area contributed by atoms with Crippen molar-refractivity contribution in [2.75, 3.05) is 5.32 Å². The van der Waals surface area contributed by atoms with Crippen LogP contribution in [0.3, 0.4) is 0 Å². The highest BCUT2D eigenvalue weighted by molar-refractivity contribution is 6.00. The summed E-state index contributed by atoms with van der Waals surface area (Å²) in [7, 11) is 0. The maximum absolute atomic E-state index is 13.4. The first-order valence-corrected chi connectivity index (χ1v) is 11.0. The second-order valence-electron chi connectivity index (χ2n) is 8.85. The summed E-state index contributed by atoms with van der Waals surface area (Å²) >= 11 is 0. The van der Waals surface area contributed by atoms with E-state index in [9.17, 15) is 22.8 Å². The molecular formula is C25H24F3N5O2. The van der Waals surface area contributed by atoms with Crippen molar-refractivity contribution in [3.63, 3.8) is 0 Å². The molecule has 2 aromatic heterocycles. The molecular weight excluding hydrogens is 459 g/mol. The molecule has 1 aromatic carbocycles. The molecule has 0 aliphatic heterocycles. The van der Waals surface area contributed by atoms with Gasteiger partial charge in [0.15, 0.2) is 5.78 Å². The SMILES string of the molecule is Cc1ccc(Nc2cnc(CNC(=O)C3(CC(=O)c4cncnc4)CC3)c(C)c2)c(C(F)(F)F)c1. The van der Waals surface area contributed by atoms with Crippen LogP contribution in [0.2, 0.25) is 0 Å². The number of alkyl halides is 3. The van der Waals surface area contributed by atoms with E-state index < -0.39 is 17.2 Å². The van der Waals surface area contributed by atoms with Crippen molar-refractivity contribution in [3.8, 4) is 0 Å². The van der Waals surface area contributed by atoms with Crippen molar-refractivity contribution in [1.29, 1.82) is 0 Å². The number of Topliss-reactive ketones (excluding diaryl/α,β-unsaturated/α-hetero) is 1. The van der Waals surface area contributed by atoms with E-state index in [1.807, 2.05) is 0 Å². The molecule has 2 N–H and O–H groups in total. The lowest BCUT2D eigenvalue weighted by atomic mass is 9.95. The number of amides is 1. The smallest absolute Gasteiger partial charge is 0.354 e. The standard InChI is InChI=1S/C25H24F3N5O2/c1-15-3-4-20(19(7-15)25(26,27)28)33-18-8-16(2)21(31-12-18)13-32-23(35)24(5-6-24)9-22(34)17-10-29-14-30-11-17/h3-4,7-8,10-12,14,33H,5-6,9,13H2,1-2H3,(H,32,35). The molecule has 1 amide bonds. The van der Waals surface area contributed by atoms with E-state index in [1.165, 1.54) is 31.0 Å². The van der Waals surface area contributed by atoms with Gasteiger partial charge in [-0.05, 0) is 50.5 Å². The Morgan fingerprint density at radius 3 is 2.40 bits per heavy atom. The first-order chi connectivity index (χ1) is 16.6. The third-order valence-electron chi connectivity index (χ3n) is 6.08. The van der Waals surface area contributed by atoms with Crippen LogP contribution in [0, 0.1) is 19.3 Å². The fraction of sp³-hybridized carbons (Fsp3) is 0.320. The third-order valence-corrected chi connectivity index (χ3v) is 6.08. The lowest BCUT2D eigenvalue weighted by molar-refractivity contribution is -0.137. The summed E-state index contributed by atoms with van der Waals surface area (Å²) in [5, 5.41) is 5.64. The number of ketones is 1. The molecule has 2 heterocycles. The van der Waals surface area contributed by atoms with Crippen molar-refractivity contribution in [2.24, 2.45) is 5.41 Å². The fourth-order valence-electron chi connectivity index (χ4n) is 3.85. The summed E-state index contributed by atoms with van der Waals surface area (Å²) in [6.45, 7) is 3.52. The normalized spacial score (nSPS) is 14.3. The minimum Gasteiger partial charge on any atom is -0.354 e. The molecule has 0 atom stereocenters. The molecule has 0 unspecified atom stereocenters. The minimum absolute atomic E-state index is 0.0606. The Bertz CT molecular complexity index is 1260. The van der Waals surface area contributed by atoms with E-state index in [0.29, 0.717) is 40.9 Å². The predicted octanol–water partition coefficient (Wildman–Crippen LogP) is 4.92. The Kier molecular flexibility index (Phi) is 6.56. The Labute approximate surface area is 200 Å². The summed E-state index contributed by atoms with van der Waals surface area (Å²) in [6.07, 6.45) is 2.45. The molecule has 0 spiro atoms. The Balaban J connectivity index is 1.39. The minimum atomic E-state index is -4.49. The lowest BCUT2D eigenvalue weighted by Gasteiger charge is -2.17. The van der Waals surface area contributed by atoms with E-state index in [1.54, 1.807) is 26.0 Å². The van der Waals surface area contributed by atoms with Crippen LogP contribution in [-0.4, -0.2) is 26.6 Å². The lowest BCUT2D eigenvalue weighted by Crippen LogP contribution is -2.33. The molecule has 1 aliphatic rings. The zero-order chi connectivity index (χ0) is 25.2. The Morgan fingerprint density at radius 2 is 1.77 bits per heavy atom. The molecule has 35 heavy (non-hydrogen) atoms. The van der Waals surface area contributed by atoms with E-state index in [-0.39, 0.29) is 30.3 Å². The average Bonchev–Trinajstić information content (AvgIpc) is 3.60. The van der Waals surface area contributed by atoms with Crippen LogP contribution < -0.4 is 10.6 Å². The quantitative estimate of drug-likeness (QED) is 0.442. The number of anilines is 2. The fourth-order valence-corrected chi connectivity index (χ4v) is 3.85. The number of rotatable bonds is 8. The van der Waals surface area contributed by atoms with E-state index in [4.69, 9.17) is 0 Å². The van der Waals surface area contributed by atoms with Gasteiger partial charge in [0.1, 0.15) is 6.33 Å². The summed E-state index contributed by atoms with van der Waals surface area (Å²) in [4.78, 5) is 37.3. The number of hydrogen-bond acceptors (Lipinski definition) is 6. The van der Waals surface area contributed by atoms with Gasteiger partial charge in [-0.2, -0.15) is 13.2 Å². The summed E-state index contributed by atoms with van der Waals surface area (Å²) in [6, 6.07) is 5.76. The zero-order valence-corrected chi connectivity index (χ0v) is 19.2. The molecule has 182 valence electrons. The van der Waals surface area contributed by atoms with Gasteiger partial charge < -0.3 is 10.6 Å². The molecule has 1 aliphatic carbocycles. The maximum atomic E-state index is 13.4. The molecule has 1 fully saturated rings. The number of aryl methyl sites for hydroxylation is 2. The highest BCUT2D eigenvalue weighted by Crippen LogP contribution is 2.49. The molecule has 1 saturated carbocycles. The number of pyridine rings is 1. The third kappa shape index (κ3) is 5.64. The Morgan fingerprint density at radius 1 is 1.06 bits per heavy atom. The second-order valence-corrected chi connectivity index (χ2v) is 8.85. The maximum Gasteiger partial charge on any atom is 0.418 e. The number of nitrogens with zero attached hydrogens (tertiary/aromatic N) is 3. The first-order valence-electron chi connectivity index (χ1n) is 11.0. The van der Waals surface area contributed by atoms with Gasteiger partial charge in [-0.3, -0.25) is 14.6 Å². The van der Waals surface area contributed by atoms with Crippen LogP contribution in [0.4, 0.5) is 24.5 Å². The van der Waals surface area contributed by atoms with Crippen LogP contribution >= 0.6 is 0 Å². The largest absolute Gasteiger partial charge is 0.418 e. The number of halogens is 3. The summed E-state index contributed by atoms with van der Waals surface area (Å²) in [5.41, 5.74) is 1.03. The van der Waals surface area contributed by atoms with E-state index in [2.05, 4.69) is 25.6 Å². The van der Waals surface area contributed by atoms with Gasteiger partial charge in [0.05, 0.1) is 46.4 Å². The van der Waals surface area contributed by atoms with Gasteiger partial charge >= 0.3 is 6.18 Å². The molecule has 0 radical (unpaired) electrons.